The molecule has 0 heterocycles. The van der Waals surface area contributed by atoms with E-state index in [9.17, 15) is 10.2 Å². The lowest BCUT2D eigenvalue weighted by Gasteiger charge is -2.22. The zero-order valence-corrected chi connectivity index (χ0v) is 15.7. The molecule has 0 radical (unpaired) electrons. The SMILES string of the molecule is CC[C@@H](C)C[C@H](C)/C=C/CC[C@@H](O)[C@H](Cc1ccc(O)cc1)NC. The Morgan fingerprint density at radius 3 is 2.42 bits per heavy atom. The third-order valence-electron chi connectivity index (χ3n) is 4.79. The van der Waals surface area contributed by atoms with Gasteiger partial charge in [0.2, 0.25) is 0 Å². The highest BCUT2D eigenvalue weighted by atomic mass is 16.3. The van der Waals surface area contributed by atoms with Gasteiger partial charge < -0.3 is 15.5 Å². The van der Waals surface area contributed by atoms with Crippen molar-refractivity contribution in [1.82, 2.24) is 5.32 Å². The van der Waals surface area contributed by atoms with Crippen molar-refractivity contribution in [3.8, 4) is 5.75 Å². The number of nitrogens with one attached hydrogen (secondary N) is 1. The Hall–Kier alpha value is -1.32. The first-order chi connectivity index (χ1) is 11.5. The van der Waals surface area contributed by atoms with E-state index < -0.39 is 0 Å². The van der Waals surface area contributed by atoms with Crippen LogP contribution in [0.5, 0.6) is 5.75 Å². The van der Waals surface area contributed by atoms with Gasteiger partial charge in [-0.2, -0.15) is 0 Å². The molecule has 1 rings (SSSR count). The van der Waals surface area contributed by atoms with Crippen LogP contribution in [0.2, 0.25) is 0 Å². The Morgan fingerprint density at radius 2 is 1.83 bits per heavy atom. The van der Waals surface area contributed by atoms with E-state index in [0.717, 1.165) is 30.7 Å². The van der Waals surface area contributed by atoms with E-state index >= 15 is 0 Å². The number of benzene rings is 1. The van der Waals surface area contributed by atoms with E-state index in [1.165, 1.54) is 12.8 Å². The molecule has 0 aliphatic heterocycles. The molecule has 0 fully saturated rings. The molecule has 3 heteroatoms. The van der Waals surface area contributed by atoms with E-state index in [1.54, 1.807) is 12.1 Å². The summed E-state index contributed by atoms with van der Waals surface area (Å²) in [6.45, 7) is 6.80. The Labute approximate surface area is 147 Å². The fraction of sp³-hybridized carbons (Fsp3) is 0.619. The molecule has 0 aliphatic rings. The standard InChI is InChI=1S/C21H35NO2/c1-5-16(2)14-17(3)8-6-7-9-21(24)20(22-4)15-18-10-12-19(23)13-11-18/h6,8,10-13,16-17,20-24H,5,7,9,14-15H2,1-4H3/b8-6+/t16-,17-,20+,21-/m1/s1. The van der Waals surface area contributed by atoms with Gasteiger partial charge in [0.1, 0.15) is 5.75 Å². The highest BCUT2D eigenvalue weighted by Crippen LogP contribution is 2.17. The Kier molecular flexibility index (Phi) is 9.73. The first-order valence-electron chi connectivity index (χ1n) is 9.26. The molecule has 4 atom stereocenters. The number of phenolic OH excluding ortho intramolecular Hbond substituents is 1. The van der Waals surface area contributed by atoms with Crippen LogP contribution in [0.3, 0.4) is 0 Å². The number of aromatic hydroxyl groups is 1. The van der Waals surface area contributed by atoms with Crippen molar-refractivity contribution in [2.24, 2.45) is 11.8 Å². The molecule has 0 aromatic heterocycles. The zero-order valence-electron chi connectivity index (χ0n) is 15.7. The molecule has 24 heavy (non-hydrogen) atoms. The van der Waals surface area contributed by atoms with Gasteiger partial charge in [0.05, 0.1) is 6.10 Å². The third-order valence-corrected chi connectivity index (χ3v) is 4.79. The second kappa shape index (κ2) is 11.3. The predicted octanol–water partition coefficient (Wildman–Crippen LogP) is 4.29. The Bertz CT molecular complexity index is 469. The van der Waals surface area contributed by atoms with Gasteiger partial charge in [0, 0.05) is 6.04 Å². The van der Waals surface area contributed by atoms with Crippen molar-refractivity contribution >= 4 is 0 Å². The molecule has 1 aromatic carbocycles. The summed E-state index contributed by atoms with van der Waals surface area (Å²) < 4.78 is 0. The summed E-state index contributed by atoms with van der Waals surface area (Å²) in [6, 6.07) is 7.22. The first-order valence-corrected chi connectivity index (χ1v) is 9.26. The molecular weight excluding hydrogens is 298 g/mol. The molecule has 3 nitrogen and oxygen atoms in total. The smallest absolute Gasteiger partial charge is 0.115 e. The van der Waals surface area contributed by atoms with Crippen LogP contribution < -0.4 is 5.32 Å². The summed E-state index contributed by atoms with van der Waals surface area (Å²) in [5.41, 5.74) is 1.11. The number of aliphatic hydroxyl groups is 1. The van der Waals surface area contributed by atoms with Crippen LogP contribution in [-0.4, -0.2) is 29.4 Å². The topological polar surface area (TPSA) is 52.5 Å². The van der Waals surface area contributed by atoms with Crippen molar-refractivity contribution in [1.29, 1.82) is 0 Å². The van der Waals surface area contributed by atoms with Gasteiger partial charge in [0.25, 0.3) is 0 Å². The lowest BCUT2D eigenvalue weighted by Crippen LogP contribution is -2.39. The summed E-state index contributed by atoms with van der Waals surface area (Å²) in [7, 11) is 1.89. The third kappa shape index (κ3) is 7.98. The van der Waals surface area contributed by atoms with Gasteiger partial charge in [-0.15, -0.1) is 0 Å². The van der Waals surface area contributed by atoms with E-state index in [4.69, 9.17) is 0 Å². The summed E-state index contributed by atoms with van der Waals surface area (Å²) in [4.78, 5) is 0. The summed E-state index contributed by atoms with van der Waals surface area (Å²) in [5.74, 6) is 1.65. The molecule has 136 valence electrons. The average Bonchev–Trinajstić information content (AvgIpc) is 2.57. The van der Waals surface area contributed by atoms with E-state index in [-0.39, 0.29) is 17.9 Å². The van der Waals surface area contributed by atoms with E-state index in [2.05, 4.69) is 38.2 Å². The number of hydrogen-bond donors (Lipinski definition) is 3. The first kappa shape index (κ1) is 20.7. The van der Waals surface area contributed by atoms with E-state index in [0.29, 0.717) is 5.92 Å². The molecule has 0 amide bonds. The monoisotopic (exact) mass is 333 g/mol. The van der Waals surface area contributed by atoms with Crippen LogP contribution in [0.25, 0.3) is 0 Å². The van der Waals surface area contributed by atoms with Gasteiger partial charge in [0.15, 0.2) is 0 Å². The van der Waals surface area contributed by atoms with Crippen LogP contribution in [0.1, 0.15) is 52.0 Å². The largest absolute Gasteiger partial charge is 0.508 e. The highest BCUT2D eigenvalue weighted by Gasteiger charge is 2.17. The van der Waals surface area contributed by atoms with Crippen molar-refractivity contribution in [3.05, 3.63) is 42.0 Å². The lowest BCUT2D eigenvalue weighted by atomic mass is 9.94. The van der Waals surface area contributed by atoms with E-state index in [1.807, 2.05) is 19.2 Å². The normalized spacial score (nSPS) is 16.9. The molecule has 0 aliphatic carbocycles. The maximum atomic E-state index is 10.4. The van der Waals surface area contributed by atoms with Crippen molar-refractivity contribution in [2.45, 2.75) is 65.0 Å². The Balaban J connectivity index is 2.38. The fourth-order valence-corrected chi connectivity index (χ4v) is 2.99. The number of allylic oxidation sites excluding steroid dienone is 2. The number of aliphatic hydroxyl groups excluding tert-OH is 1. The second-order valence-electron chi connectivity index (χ2n) is 7.06. The minimum Gasteiger partial charge on any atom is -0.508 e. The maximum absolute atomic E-state index is 10.4. The Morgan fingerprint density at radius 1 is 1.17 bits per heavy atom. The van der Waals surface area contributed by atoms with Crippen molar-refractivity contribution in [3.63, 3.8) is 0 Å². The summed E-state index contributed by atoms with van der Waals surface area (Å²) >= 11 is 0. The van der Waals surface area contributed by atoms with Gasteiger partial charge in [-0.1, -0.05) is 51.5 Å². The quantitative estimate of drug-likeness (QED) is 0.529. The molecular formula is C21H35NO2. The molecule has 0 spiro atoms. The summed E-state index contributed by atoms with van der Waals surface area (Å²) in [5, 5.41) is 23.0. The fourth-order valence-electron chi connectivity index (χ4n) is 2.99. The minimum atomic E-state index is -0.377. The average molecular weight is 334 g/mol. The van der Waals surface area contributed by atoms with Gasteiger partial charge in [-0.25, -0.2) is 0 Å². The number of hydrogen-bond acceptors (Lipinski definition) is 3. The number of rotatable bonds is 11. The highest BCUT2D eigenvalue weighted by molar-refractivity contribution is 5.26. The molecule has 0 saturated carbocycles. The molecule has 0 unspecified atom stereocenters. The van der Waals surface area contributed by atoms with Gasteiger partial charge in [-0.05, 0) is 62.3 Å². The van der Waals surface area contributed by atoms with Crippen LogP contribution in [0.4, 0.5) is 0 Å². The van der Waals surface area contributed by atoms with Crippen molar-refractivity contribution < 1.29 is 10.2 Å². The number of phenols is 1. The summed E-state index contributed by atoms with van der Waals surface area (Å²) in [6.07, 6.45) is 9.00. The molecule has 1 aromatic rings. The number of likely N-dealkylation sites (N-methyl/N-ethyl adjacent to an activating group) is 1. The maximum Gasteiger partial charge on any atom is 0.115 e. The van der Waals surface area contributed by atoms with Crippen LogP contribution >= 0.6 is 0 Å². The van der Waals surface area contributed by atoms with Crippen LogP contribution in [-0.2, 0) is 6.42 Å². The van der Waals surface area contributed by atoms with Gasteiger partial charge >= 0.3 is 0 Å². The molecule has 0 saturated heterocycles. The van der Waals surface area contributed by atoms with Gasteiger partial charge in [-0.3, -0.25) is 0 Å². The van der Waals surface area contributed by atoms with Crippen molar-refractivity contribution in [2.75, 3.05) is 7.05 Å². The lowest BCUT2D eigenvalue weighted by molar-refractivity contribution is 0.122. The second-order valence-corrected chi connectivity index (χ2v) is 7.06. The zero-order chi connectivity index (χ0) is 17.9. The molecule has 0 bridgehead atoms. The predicted molar refractivity (Wildman–Crippen MR) is 102 cm³/mol. The minimum absolute atomic E-state index is 0.0282. The van der Waals surface area contributed by atoms with Crippen LogP contribution in [0, 0.1) is 11.8 Å². The molecule has 3 N–H and O–H groups in total. The van der Waals surface area contributed by atoms with Crippen LogP contribution in [0.15, 0.2) is 36.4 Å².